The summed E-state index contributed by atoms with van der Waals surface area (Å²) >= 11 is 0. The minimum Gasteiger partial charge on any atom is -0.379 e. The summed E-state index contributed by atoms with van der Waals surface area (Å²) in [6.45, 7) is 16.3. The first kappa shape index (κ1) is 21.7. The van der Waals surface area contributed by atoms with E-state index >= 15 is 0 Å². The van der Waals surface area contributed by atoms with Crippen LogP contribution in [0.2, 0.25) is 0 Å². The topological polar surface area (TPSA) is 32.8 Å². The molecule has 1 amide bonds. The molecule has 1 heterocycles. The van der Waals surface area contributed by atoms with Crippen molar-refractivity contribution in [3.8, 4) is 0 Å². The van der Waals surface area contributed by atoms with Crippen molar-refractivity contribution in [2.75, 3.05) is 46.4 Å². The molecule has 4 nitrogen and oxygen atoms in total. The first-order chi connectivity index (χ1) is 9.65. The quantitative estimate of drug-likeness (QED) is 0.779. The summed E-state index contributed by atoms with van der Waals surface area (Å²) in [5, 5.41) is 0. The van der Waals surface area contributed by atoms with E-state index in [1.165, 1.54) is 19.4 Å². The second-order valence-electron chi connectivity index (χ2n) is 4.57. The summed E-state index contributed by atoms with van der Waals surface area (Å²) in [5.74, 6) is 0.215. The van der Waals surface area contributed by atoms with Gasteiger partial charge in [0.05, 0.1) is 13.2 Å². The number of carbonyl (C=O) groups excluding carboxylic acids is 1. The average molecular weight is 288 g/mol. The number of amides is 1. The third kappa shape index (κ3) is 12.4. The smallest absolute Gasteiger partial charge is 0.222 e. The minimum absolute atomic E-state index is 0.215. The SMILES string of the molecule is CC.CCC(=O)N(C)CC.CCCCN1CCOCC1. The fourth-order valence-corrected chi connectivity index (χ4v) is 1.65. The summed E-state index contributed by atoms with van der Waals surface area (Å²) in [6.07, 6.45) is 3.25. The Morgan fingerprint density at radius 1 is 1.15 bits per heavy atom. The first-order valence-corrected chi connectivity index (χ1v) is 8.19. The van der Waals surface area contributed by atoms with Gasteiger partial charge in [-0.15, -0.1) is 0 Å². The number of unbranched alkanes of at least 4 members (excludes halogenated alkanes) is 1. The van der Waals surface area contributed by atoms with E-state index in [0.717, 1.165) is 32.8 Å². The van der Waals surface area contributed by atoms with Gasteiger partial charge in [0.15, 0.2) is 0 Å². The molecule has 0 aromatic rings. The normalized spacial score (nSPS) is 14.5. The lowest BCUT2D eigenvalue weighted by Gasteiger charge is -2.26. The van der Waals surface area contributed by atoms with Crippen molar-refractivity contribution in [3.05, 3.63) is 0 Å². The molecule has 0 aromatic heterocycles. The van der Waals surface area contributed by atoms with Crippen LogP contribution in [0, 0.1) is 0 Å². The second kappa shape index (κ2) is 16.4. The van der Waals surface area contributed by atoms with Crippen LogP contribution in [0.15, 0.2) is 0 Å². The van der Waals surface area contributed by atoms with Crippen LogP contribution in [0.3, 0.4) is 0 Å². The molecule has 0 N–H and O–H groups in total. The van der Waals surface area contributed by atoms with Gasteiger partial charge in [0, 0.05) is 33.1 Å². The predicted octanol–water partition coefficient (Wildman–Crippen LogP) is 3.02. The molecule has 0 radical (unpaired) electrons. The van der Waals surface area contributed by atoms with Gasteiger partial charge in [-0.3, -0.25) is 9.69 Å². The summed E-state index contributed by atoms with van der Waals surface area (Å²) in [5.41, 5.74) is 0. The molecule has 0 atom stereocenters. The fourth-order valence-electron chi connectivity index (χ4n) is 1.65. The summed E-state index contributed by atoms with van der Waals surface area (Å²) in [4.78, 5) is 14.9. The van der Waals surface area contributed by atoms with E-state index in [4.69, 9.17) is 4.74 Å². The van der Waals surface area contributed by atoms with E-state index < -0.39 is 0 Å². The van der Waals surface area contributed by atoms with Crippen molar-refractivity contribution in [2.45, 2.75) is 53.9 Å². The van der Waals surface area contributed by atoms with Gasteiger partial charge in [0.25, 0.3) is 0 Å². The van der Waals surface area contributed by atoms with Crippen LogP contribution in [-0.4, -0.2) is 62.1 Å². The zero-order valence-electron chi connectivity index (χ0n) is 14.6. The average Bonchev–Trinajstić information content (AvgIpc) is 2.54. The van der Waals surface area contributed by atoms with E-state index in [1.807, 2.05) is 34.7 Å². The van der Waals surface area contributed by atoms with Gasteiger partial charge < -0.3 is 9.64 Å². The molecular formula is C16H36N2O2. The van der Waals surface area contributed by atoms with E-state index in [0.29, 0.717) is 6.42 Å². The highest BCUT2D eigenvalue weighted by atomic mass is 16.5. The Hall–Kier alpha value is -0.610. The molecule has 0 aliphatic carbocycles. The van der Waals surface area contributed by atoms with E-state index in [2.05, 4.69) is 11.8 Å². The third-order valence-corrected chi connectivity index (χ3v) is 3.13. The van der Waals surface area contributed by atoms with Crippen LogP contribution in [0.4, 0.5) is 0 Å². The number of hydrogen-bond donors (Lipinski definition) is 0. The lowest BCUT2D eigenvalue weighted by molar-refractivity contribution is -0.129. The molecule has 1 saturated heterocycles. The Balaban J connectivity index is 0. The number of hydrogen-bond acceptors (Lipinski definition) is 3. The summed E-state index contributed by atoms with van der Waals surface area (Å²) in [7, 11) is 1.81. The highest BCUT2D eigenvalue weighted by Gasteiger charge is 2.07. The molecule has 20 heavy (non-hydrogen) atoms. The Morgan fingerprint density at radius 3 is 2.05 bits per heavy atom. The van der Waals surface area contributed by atoms with Crippen LogP contribution in [0.1, 0.15) is 53.9 Å². The lowest BCUT2D eigenvalue weighted by Crippen LogP contribution is -2.36. The van der Waals surface area contributed by atoms with Crippen molar-refractivity contribution < 1.29 is 9.53 Å². The molecule has 1 rings (SSSR count). The molecule has 0 bridgehead atoms. The molecule has 0 unspecified atom stereocenters. The van der Waals surface area contributed by atoms with Crippen molar-refractivity contribution in [1.29, 1.82) is 0 Å². The van der Waals surface area contributed by atoms with Crippen LogP contribution in [0.25, 0.3) is 0 Å². The maximum atomic E-state index is 10.7. The predicted molar refractivity (Wildman–Crippen MR) is 87.1 cm³/mol. The van der Waals surface area contributed by atoms with E-state index in [1.54, 1.807) is 4.90 Å². The van der Waals surface area contributed by atoms with Gasteiger partial charge in [-0.25, -0.2) is 0 Å². The standard InChI is InChI=1S/C8H17NO.C6H13NO.C2H6/c1-2-3-4-9-5-7-10-8-6-9;1-4-6(8)7(3)5-2;1-2/h2-8H2,1H3;4-5H2,1-3H3;1-2H3. The molecule has 1 fully saturated rings. The molecule has 0 spiro atoms. The third-order valence-electron chi connectivity index (χ3n) is 3.13. The van der Waals surface area contributed by atoms with Crippen molar-refractivity contribution in [1.82, 2.24) is 9.80 Å². The monoisotopic (exact) mass is 288 g/mol. The van der Waals surface area contributed by atoms with Crippen LogP contribution in [-0.2, 0) is 9.53 Å². The zero-order chi connectivity index (χ0) is 15.8. The summed E-state index contributed by atoms with van der Waals surface area (Å²) in [6, 6.07) is 0. The minimum atomic E-state index is 0.215. The molecule has 4 heteroatoms. The summed E-state index contributed by atoms with van der Waals surface area (Å²) < 4.78 is 5.24. The Bertz CT molecular complexity index is 205. The van der Waals surface area contributed by atoms with E-state index in [-0.39, 0.29) is 5.91 Å². The van der Waals surface area contributed by atoms with Crippen molar-refractivity contribution in [2.24, 2.45) is 0 Å². The maximum Gasteiger partial charge on any atom is 0.222 e. The zero-order valence-corrected chi connectivity index (χ0v) is 14.6. The highest BCUT2D eigenvalue weighted by molar-refractivity contribution is 5.75. The van der Waals surface area contributed by atoms with E-state index in [9.17, 15) is 4.79 Å². The fraction of sp³-hybridized carbons (Fsp3) is 0.938. The molecule has 122 valence electrons. The molecule has 1 aliphatic heterocycles. The maximum absolute atomic E-state index is 10.7. The van der Waals surface area contributed by atoms with Gasteiger partial charge >= 0.3 is 0 Å². The number of ether oxygens (including phenoxy) is 1. The van der Waals surface area contributed by atoms with Crippen LogP contribution < -0.4 is 0 Å². The van der Waals surface area contributed by atoms with Crippen LogP contribution in [0.5, 0.6) is 0 Å². The second-order valence-corrected chi connectivity index (χ2v) is 4.57. The van der Waals surface area contributed by atoms with Gasteiger partial charge in [-0.2, -0.15) is 0 Å². The number of nitrogens with zero attached hydrogens (tertiary/aromatic N) is 2. The number of rotatable bonds is 5. The largest absolute Gasteiger partial charge is 0.379 e. The molecule has 0 saturated carbocycles. The Labute approximate surface area is 126 Å². The van der Waals surface area contributed by atoms with Gasteiger partial charge in [0.2, 0.25) is 5.91 Å². The highest BCUT2D eigenvalue weighted by Crippen LogP contribution is 1.98. The Kier molecular flexibility index (Phi) is 17.8. The Morgan fingerprint density at radius 2 is 1.70 bits per heavy atom. The molecule has 1 aliphatic rings. The lowest BCUT2D eigenvalue weighted by atomic mass is 10.3. The number of carbonyl (C=O) groups is 1. The first-order valence-electron chi connectivity index (χ1n) is 8.19. The molecule has 0 aromatic carbocycles. The van der Waals surface area contributed by atoms with Crippen LogP contribution >= 0.6 is 0 Å². The van der Waals surface area contributed by atoms with Gasteiger partial charge in [-0.1, -0.05) is 34.1 Å². The van der Waals surface area contributed by atoms with Crippen molar-refractivity contribution in [3.63, 3.8) is 0 Å². The number of morpholine rings is 1. The molecular weight excluding hydrogens is 252 g/mol. The van der Waals surface area contributed by atoms with Crippen molar-refractivity contribution >= 4 is 5.91 Å². The van der Waals surface area contributed by atoms with Gasteiger partial charge in [-0.05, 0) is 19.9 Å². The van der Waals surface area contributed by atoms with Gasteiger partial charge in [0.1, 0.15) is 0 Å².